The monoisotopic (exact) mass is 479 g/mol. The Balaban J connectivity index is 0.00000113. The van der Waals surface area contributed by atoms with Crippen molar-refractivity contribution in [2.24, 2.45) is 5.92 Å². The molecule has 0 aliphatic rings. The zero-order valence-corrected chi connectivity index (χ0v) is 23.0. The summed E-state index contributed by atoms with van der Waals surface area (Å²) in [5.74, 6) is -0.172. The van der Waals surface area contributed by atoms with Gasteiger partial charge in [-0.2, -0.15) is 0 Å². The number of aromatic nitrogens is 1. The molecule has 0 unspecified atom stereocenters. The van der Waals surface area contributed by atoms with Crippen molar-refractivity contribution in [1.29, 1.82) is 0 Å². The van der Waals surface area contributed by atoms with Gasteiger partial charge in [-0.1, -0.05) is 167 Å². The molecule has 0 aromatic carbocycles. The van der Waals surface area contributed by atoms with E-state index in [4.69, 9.17) is 5.11 Å². The van der Waals surface area contributed by atoms with E-state index < -0.39 is 5.97 Å². The van der Waals surface area contributed by atoms with Crippen molar-refractivity contribution in [2.45, 2.75) is 162 Å². The molecule has 0 spiro atoms. The van der Waals surface area contributed by atoms with Gasteiger partial charge in [-0.15, -0.1) is 0 Å². The number of unbranched alkanes of at least 4 members (excludes halogenated alkanes) is 20. The smallest absolute Gasteiger partial charge is 0.358 e. The molecule has 0 saturated heterocycles. The number of carboxylic acids is 1. The average Bonchev–Trinajstić information content (AvgIpc) is 3.36. The highest BCUT2D eigenvalue weighted by molar-refractivity contribution is 5.84. The number of carboxylic acid groups (broad SMARTS) is 1. The minimum atomic E-state index is -1.07. The van der Waals surface area contributed by atoms with Crippen molar-refractivity contribution in [3.05, 3.63) is 18.0 Å². The Hall–Kier alpha value is -1.32. The molecule has 1 N–H and O–H groups in total. The molecule has 1 aromatic heterocycles. The third-order valence-corrected chi connectivity index (χ3v) is 6.54. The van der Waals surface area contributed by atoms with Gasteiger partial charge < -0.3 is 9.63 Å². The topological polar surface area (TPSA) is 63.3 Å². The van der Waals surface area contributed by atoms with Gasteiger partial charge in [-0.05, 0) is 5.92 Å². The summed E-state index contributed by atoms with van der Waals surface area (Å²) in [6.45, 7) is 6.99. The van der Waals surface area contributed by atoms with Gasteiger partial charge in [0, 0.05) is 6.07 Å². The second-order valence-corrected chi connectivity index (χ2v) is 10.4. The maximum absolute atomic E-state index is 9.94. The van der Waals surface area contributed by atoms with Crippen LogP contribution in [0.1, 0.15) is 173 Å². The fraction of sp³-hybridized carbons (Fsp3) is 0.867. The van der Waals surface area contributed by atoms with E-state index >= 15 is 0 Å². The van der Waals surface area contributed by atoms with Crippen LogP contribution in [0.4, 0.5) is 0 Å². The Kier molecular flexibility index (Phi) is 25.3. The maximum atomic E-state index is 9.94. The van der Waals surface area contributed by atoms with Gasteiger partial charge in [-0.25, -0.2) is 4.79 Å². The van der Waals surface area contributed by atoms with Crippen molar-refractivity contribution in [2.75, 3.05) is 0 Å². The number of rotatable bonds is 23. The molecule has 0 radical (unpaired) electrons. The Labute approximate surface area is 211 Å². The minimum absolute atomic E-state index is 0.0648. The summed E-state index contributed by atoms with van der Waals surface area (Å²) >= 11 is 0. The molecule has 1 rings (SSSR count). The molecule has 4 heteroatoms. The van der Waals surface area contributed by atoms with Gasteiger partial charge in [-0.3, -0.25) is 0 Å². The van der Waals surface area contributed by atoms with Crippen molar-refractivity contribution in [3.8, 4) is 0 Å². The fourth-order valence-corrected chi connectivity index (χ4v) is 4.31. The van der Waals surface area contributed by atoms with E-state index in [-0.39, 0.29) is 5.69 Å². The number of hydrogen-bond acceptors (Lipinski definition) is 3. The Morgan fingerprint density at radius 3 is 1.29 bits per heavy atom. The predicted molar refractivity (Wildman–Crippen MR) is 146 cm³/mol. The molecular weight excluding hydrogens is 422 g/mol. The van der Waals surface area contributed by atoms with E-state index in [0.717, 1.165) is 5.92 Å². The standard InChI is InChI=1S/C26H54.C4H3NO3/c1-4-5-6-7-8-9-10-11-12-13-14-15-16-17-18-19-20-21-22-23-24-25-26(2)3;6-4(7)3-1-2-8-5-3/h26H,4-25H2,1-3H3;1-2H,(H,6,7). The van der Waals surface area contributed by atoms with E-state index in [0.29, 0.717) is 0 Å². The summed E-state index contributed by atoms with van der Waals surface area (Å²) in [5.41, 5.74) is -0.0648. The van der Waals surface area contributed by atoms with Crippen LogP contribution >= 0.6 is 0 Å². The zero-order valence-electron chi connectivity index (χ0n) is 23.0. The van der Waals surface area contributed by atoms with Gasteiger partial charge in [0.15, 0.2) is 5.69 Å². The van der Waals surface area contributed by atoms with Gasteiger partial charge in [0.25, 0.3) is 0 Å². The van der Waals surface area contributed by atoms with Crippen molar-refractivity contribution < 1.29 is 14.4 Å². The van der Waals surface area contributed by atoms with Crippen LogP contribution in [0.25, 0.3) is 0 Å². The normalized spacial score (nSPS) is 10.9. The van der Waals surface area contributed by atoms with Gasteiger partial charge in [0.05, 0.1) is 0 Å². The zero-order chi connectivity index (χ0) is 25.1. The molecule has 0 atom stereocenters. The summed E-state index contributed by atoms with van der Waals surface area (Å²) in [4.78, 5) is 9.94. The van der Waals surface area contributed by atoms with Crippen LogP contribution in [-0.4, -0.2) is 16.2 Å². The predicted octanol–water partition coefficient (Wildman–Crippen LogP) is 10.6. The Morgan fingerprint density at radius 2 is 1.06 bits per heavy atom. The second kappa shape index (κ2) is 26.3. The molecule has 0 bridgehead atoms. The van der Waals surface area contributed by atoms with Crippen LogP contribution in [0.2, 0.25) is 0 Å². The molecule has 0 amide bonds. The molecule has 1 aromatic rings. The lowest BCUT2D eigenvalue weighted by Gasteiger charge is -2.05. The van der Waals surface area contributed by atoms with E-state index in [9.17, 15) is 4.79 Å². The Morgan fingerprint density at radius 1 is 0.706 bits per heavy atom. The van der Waals surface area contributed by atoms with Crippen LogP contribution in [0, 0.1) is 5.92 Å². The first-order chi connectivity index (χ1) is 16.6. The van der Waals surface area contributed by atoms with Gasteiger partial charge in [0.1, 0.15) is 6.26 Å². The van der Waals surface area contributed by atoms with Gasteiger partial charge in [0.2, 0.25) is 0 Å². The summed E-state index contributed by atoms with van der Waals surface area (Å²) in [5, 5.41) is 11.3. The molecule has 1 heterocycles. The highest BCUT2D eigenvalue weighted by Crippen LogP contribution is 2.15. The molecule has 0 fully saturated rings. The molecule has 34 heavy (non-hydrogen) atoms. The summed E-state index contributed by atoms with van der Waals surface area (Å²) in [6, 6.07) is 1.28. The molecule has 200 valence electrons. The van der Waals surface area contributed by atoms with E-state index in [1.54, 1.807) is 0 Å². The summed E-state index contributed by atoms with van der Waals surface area (Å²) in [6.07, 6.45) is 33.7. The molecular formula is C30H57NO3. The van der Waals surface area contributed by atoms with Crippen molar-refractivity contribution >= 4 is 5.97 Å². The van der Waals surface area contributed by atoms with Crippen LogP contribution in [0.3, 0.4) is 0 Å². The van der Waals surface area contributed by atoms with Crippen LogP contribution in [0.15, 0.2) is 16.9 Å². The molecule has 0 saturated carbocycles. The largest absolute Gasteiger partial charge is 0.476 e. The van der Waals surface area contributed by atoms with Crippen LogP contribution < -0.4 is 0 Å². The third-order valence-electron chi connectivity index (χ3n) is 6.54. The first-order valence-electron chi connectivity index (χ1n) is 14.7. The maximum Gasteiger partial charge on any atom is 0.358 e. The summed E-state index contributed by atoms with van der Waals surface area (Å²) < 4.78 is 4.24. The van der Waals surface area contributed by atoms with Crippen LogP contribution in [0.5, 0.6) is 0 Å². The SMILES string of the molecule is CCCCCCCCCCCCCCCCCCCCCCCC(C)C.O=C(O)c1ccon1. The first kappa shape index (κ1) is 32.7. The average molecular weight is 480 g/mol. The Bertz CT molecular complexity index is 513. The number of nitrogens with zero attached hydrogens (tertiary/aromatic N) is 1. The number of hydrogen-bond donors (Lipinski definition) is 1. The fourth-order valence-electron chi connectivity index (χ4n) is 4.31. The molecule has 4 nitrogen and oxygen atoms in total. The quantitative estimate of drug-likeness (QED) is 0.158. The third kappa shape index (κ3) is 25.3. The lowest BCUT2D eigenvalue weighted by atomic mass is 10.0. The van der Waals surface area contributed by atoms with E-state index in [1.165, 1.54) is 154 Å². The lowest BCUT2D eigenvalue weighted by molar-refractivity contribution is 0.0685. The van der Waals surface area contributed by atoms with E-state index in [2.05, 4.69) is 30.5 Å². The van der Waals surface area contributed by atoms with Crippen LogP contribution in [-0.2, 0) is 0 Å². The highest BCUT2D eigenvalue weighted by Gasteiger charge is 2.03. The minimum Gasteiger partial charge on any atom is -0.476 e. The number of aromatic carboxylic acids is 1. The van der Waals surface area contributed by atoms with Crippen molar-refractivity contribution in [3.63, 3.8) is 0 Å². The lowest BCUT2D eigenvalue weighted by Crippen LogP contribution is -1.94. The van der Waals surface area contributed by atoms with Crippen molar-refractivity contribution in [1.82, 2.24) is 5.16 Å². The highest BCUT2D eigenvalue weighted by atomic mass is 16.5. The molecule has 0 aliphatic heterocycles. The molecule has 0 aliphatic carbocycles. The summed E-state index contributed by atoms with van der Waals surface area (Å²) in [7, 11) is 0. The van der Waals surface area contributed by atoms with E-state index in [1.807, 2.05) is 0 Å². The number of carbonyl (C=O) groups is 1. The second-order valence-electron chi connectivity index (χ2n) is 10.4. The first-order valence-corrected chi connectivity index (χ1v) is 14.7. The van der Waals surface area contributed by atoms with Gasteiger partial charge >= 0.3 is 5.97 Å².